The van der Waals surface area contributed by atoms with E-state index in [1.807, 2.05) is 11.8 Å². The third-order valence-corrected chi connectivity index (χ3v) is 6.77. The van der Waals surface area contributed by atoms with Crippen LogP contribution in [0.15, 0.2) is 11.5 Å². The van der Waals surface area contributed by atoms with Crippen molar-refractivity contribution < 1.29 is 14.4 Å². The van der Waals surface area contributed by atoms with E-state index in [2.05, 4.69) is 20.0 Å². The molecule has 2 fully saturated rings. The molecule has 1 atom stereocenters. The summed E-state index contributed by atoms with van der Waals surface area (Å²) in [4.78, 5) is 43.1. The van der Waals surface area contributed by atoms with E-state index < -0.39 is 6.10 Å². The summed E-state index contributed by atoms with van der Waals surface area (Å²) in [6.07, 6.45) is 6.94. The quantitative estimate of drug-likeness (QED) is 0.855. The van der Waals surface area contributed by atoms with Crippen molar-refractivity contribution in [3.8, 4) is 0 Å². The van der Waals surface area contributed by atoms with Gasteiger partial charge in [0.15, 0.2) is 0 Å². The number of hydrogen-bond donors (Lipinski definition) is 1. The molecule has 1 aromatic heterocycles. The molecule has 0 radical (unpaired) electrons. The number of hydrogen-bond acceptors (Lipinski definition) is 5. The smallest absolute Gasteiger partial charge is 0.266 e. The Bertz CT molecular complexity index is 820. The van der Waals surface area contributed by atoms with Crippen LogP contribution in [0.4, 0.5) is 0 Å². The highest BCUT2D eigenvalue weighted by Gasteiger charge is 2.51. The molecule has 8 nitrogen and oxygen atoms in total. The second-order valence-corrected chi connectivity index (χ2v) is 8.41. The topological polar surface area (TPSA) is 90.9 Å². The Labute approximate surface area is 164 Å². The highest BCUT2D eigenvalue weighted by molar-refractivity contribution is 5.92. The average molecular weight is 385 g/mol. The number of piperidine rings is 1. The van der Waals surface area contributed by atoms with Crippen LogP contribution in [0.3, 0.4) is 0 Å². The maximum atomic E-state index is 13.0. The molecule has 0 aromatic carbocycles. The molecule has 0 bridgehead atoms. The lowest BCUT2D eigenvalue weighted by atomic mass is 9.78. The normalized spacial score (nSPS) is 26.0. The maximum absolute atomic E-state index is 13.0. The standard InChI is InChI=1S/C20H27N5O3/c1-2-14-11-16(28-23-14)19(27)24-9-6-20(7-10-24)17-15(21-12-22-17)5-8-25(20)18(26)13-3-4-13/h12-13,16H,2-11H2,1H3,(H,21,22)/t16-/m1/s1. The van der Waals surface area contributed by atoms with E-state index in [0.717, 1.165) is 62.2 Å². The number of aromatic nitrogens is 2. The fourth-order valence-corrected chi connectivity index (χ4v) is 4.93. The van der Waals surface area contributed by atoms with Gasteiger partial charge in [-0.2, -0.15) is 0 Å². The highest BCUT2D eigenvalue weighted by atomic mass is 16.6. The van der Waals surface area contributed by atoms with Crippen LogP contribution in [-0.4, -0.2) is 63.0 Å². The number of likely N-dealkylation sites (tertiary alicyclic amines) is 1. The van der Waals surface area contributed by atoms with Gasteiger partial charge in [0.1, 0.15) is 0 Å². The predicted molar refractivity (Wildman–Crippen MR) is 101 cm³/mol. The van der Waals surface area contributed by atoms with E-state index in [1.165, 1.54) is 0 Å². The molecule has 8 heteroatoms. The minimum Gasteiger partial charge on any atom is -0.382 e. The third kappa shape index (κ3) is 2.72. The van der Waals surface area contributed by atoms with Crippen LogP contribution < -0.4 is 0 Å². The van der Waals surface area contributed by atoms with Gasteiger partial charge in [-0.25, -0.2) is 4.98 Å². The minimum absolute atomic E-state index is 0.0141. The van der Waals surface area contributed by atoms with Gasteiger partial charge in [-0.15, -0.1) is 0 Å². The number of carbonyl (C=O) groups excluding carboxylic acids is 2. The number of oxime groups is 1. The lowest BCUT2D eigenvalue weighted by Crippen LogP contribution is -2.59. The number of H-pyrrole nitrogens is 1. The first-order chi connectivity index (χ1) is 13.6. The Morgan fingerprint density at radius 3 is 2.71 bits per heavy atom. The molecule has 28 heavy (non-hydrogen) atoms. The molecular weight excluding hydrogens is 358 g/mol. The van der Waals surface area contributed by atoms with Gasteiger partial charge in [-0.05, 0) is 32.1 Å². The third-order valence-electron chi connectivity index (χ3n) is 6.77. The molecule has 1 N–H and O–H groups in total. The number of amides is 2. The van der Waals surface area contributed by atoms with E-state index in [1.54, 1.807) is 6.33 Å². The summed E-state index contributed by atoms with van der Waals surface area (Å²) in [5, 5.41) is 4.02. The second-order valence-electron chi connectivity index (χ2n) is 8.41. The van der Waals surface area contributed by atoms with Crippen molar-refractivity contribution in [2.45, 2.75) is 63.5 Å². The second kappa shape index (κ2) is 6.60. The van der Waals surface area contributed by atoms with Gasteiger partial charge in [0.25, 0.3) is 5.91 Å². The van der Waals surface area contributed by atoms with Gasteiger partial charge in [0.05, 0.1) is 23.3 Å². The number of imidazole rings is 1. The zero-order chi connectivity index (χ0) is 19.3. The zero-order valence-electron chi connectivity index (χ0n) is 16.3. The summed E-state index contributed by atoms with van der Waals surface area (Å²) in [5.41, 5.74) is 2.71. The lowest BCUT2D eigenvalue weighted by Gasteiger charge is -2.50. The van der Waals surface area contributed by atoms with Crippen LogP contribution in [0.1, 0.15) is 56.8 Å². The molecule has 5 rings (SSSR count). The van der Waals surface area contributed by atoms with E-state index >= 15 is 0 Å². The van der Waals surface area contributed by atoms with Gasteiger partial charge >= 0.3 is 0 Å². The van der Waals surface area contributed by atoms with Crippen molar-refractivity contribution >= 4 is 17.5 Å². The summed E-state index contributed by atoms with van der Waals surface area (Å²) >= 11 is 0. The van der Waals surface area contributed by atoms with Gasteiger partial charge in [0.2, 0.25) is 12.0 Å². The van der Waals surface area contributed by atoms with Gasteiger partial charge in [-0.3, -0.25) is 9.59 Å². The molecule has 4 heterocycles. The van der Waals surface area contributed by atoms with Gasteiger partial charge < -0.3 is 19.6 Å². The van der Waals surface area contributed by atoms with E-state index in [-0.39, 0.29) is 23.3 Å². The molecular formula is C20H27N5O3. The number of nitrogens with one attached hydrogen (secondary N) is 1. The van der Waals surface area contributed by atoms with E-state index in [0.29, 0.717) is 19.5 Å². The lowest BCUT2D eigenvalue weighted by molar-refractivity contribution is -0.149. The summed E-state index contributed by atoms with van der Waals surface area (Å²) in [6.45, 7) is 3.98. The maximum Gasteiger partial charge on any atom is 0.266 e. The van der Waals surface area contributed by atoms with Crippen LogP contribution in [0.25, 0.3) is 0 Å². The molecule has 1 aromatic rings. The fraction of sp³-hybridized carbons (Fsp3) is 0.700. The molecule has 150 valence electrons. The minimum atomic E-state index is -0.486. The predicted octanol–water partition coefficient (Wildman–Crippen LogP) is 1.58. The Morgan fingerprint density at radius 2 is 2.04 bits per heavy atom. The number of nitrogens with zero attached hydrogens (tertiary/aromatic N) is 4. The molecule has 1 saturated heterocycles. The van der Waals surface area contributed by atoms with Gasteiger partial charge in [0, 0.05) is 44.1 Å². The molecule has 1 spiro atoms. The molecule has 3 aliphatic heterocycles. The SMILES string of the molecule is CCC1=NO[C@@H](C(=O)N2CCC3(CC2)c2nc[nH]c2CCN3C(=O)C2CC2)C1. The molecule has 1 saturated carbocycles. The summed E-state index contributed by atoms with van der Waals surface area (Å²) in [5.74, 6) is 0.474. The number of carbonyl (C=O) groups is 2. The molecule has 2 amide bonds. The van der Waals surface area contributed by atoms with Crippen molar-refractivity contribution in [3.63, 3.8) is 0 Å². The first-order valence-corrected chi connectivity index (χ1v) is 10.5. The average Bonchev–Trinajstić information content (AvgIpc) is 3.26. The van der Waals surface area contributed by atoms with Gasteiger partial charge in [-0.1, -0.05) is 12.1 Å². The highest BCUT2D eigenvalue weighted by Crippen LogP contribution is 2.45. The van der Waals surface area contributed by atoms with Crippen molar-refractivity contribution in [2.24, 2.45) is 11.1 Å². The van der Waals surface area contributed by atoms with E-state index in [9.17, 15) is 9.59 Å². The first-order valence-electron chi connectivity index (χ1n) is 10.5. The summed E-state index contributed by atoms with van der Waals surface area (Å²) in [6, 6.07) is 0. The first kappa shape index (κ1) is 17.7. The van der Waals surface area contributed by atoms with E-state index in [4.69, 9.17) is 4.84 Å². The number of fused-ring (bicyclic) bond motifs is 2. The van der Waals surface area contributed by atoms with Crippen LogP contribution in [0, 0.1) is 5.92 Å². The zero-order valence-corrected chi connectivity index (χ0v) is 16.3. The van der Waals surface area contributed by atoms with Crippen LogP contribution in [-0.2, 0) is 26.4 Å². The van der Waals surface area contributed by atoms with Crippen molar-refractivity contribution in [1.82, 2.24) is 19.8 Å². The Balaban J connectivity index is 1.34. The molecule has 4 aliphatic rings. The summed E-state index contributed by atoms with van der Waals surface area (Å²) < 4.78 is 0. The monoisotopic (exact) mass is 385 g/mol. The Hall–Kier alpha value is -2.38. The fourth-order valence-electron chi connectivity index (χ4n) is 4.93. The van der Waals surface area contributed by atoms with Crippen molar-refractivity contribution in [2.75, 3.05) is 19.6 Å². The van der Waals surface area contributed by atoms with Crippen LogP contribution in [0.2, 0.25) is 0 Å². The number of aromatic amines is 1. The Morgan fingerprint density at radius 1 is 1.25 bits per heavy atom. The summed E-state index contributed by atoms with van der Waals surface area (Å²) in [7, 11) is 0. The van der Waals surface area contributed by atoms with Crippen molar-refractivity contribution in [3.05, 3.63) is 17.7 Å². The Kier molecular flexibility index (Phi) is 4.17. The molecule has 0 unspecified atom stereocenters. The largest absolute Gasteiger partial charge is 0.382 e. The van der Waals surface area contributed by atoms with Crippen molar-refractivity contribution in [1.29, 1.82) is 0 Å². The molecule has 1 aliphatic carbocycles. The van der Waals surface area contributed by atoms with Crippen LogP contribution in [0.5, 0.6) is 0 Å². The van der Waals surface area contributed by atoms with Crippen LogP contribution >= 0.6 is 0 Å². The number of rotatable bonds is 3.